The number of thiophene rings is 1. The van der Waals surface area contributed by atoms with Crippen molar-refractivity contribution in [2.24, 2.45) is 5.92 Å². The number of likely N-dealkylation sites (N-methyl/N-ethyl adjacent to an activating group) is 1. The number of carboxylic acid groups (broad SMARTS) is 1. The Hall–Kier alpha value is -0.480. The molecule has 1 N–H and O–H groups in total. The Morgan fingerprint density at radius 3 is 2.76 bits per heavy atom. The number of ether oxygens (including phenoxy) is 1. The number of aromatic carboxylic acids is 1. The summed E-state index contributed by atoms with van der Waals surface area (Å²) in [5.41, 5.74) is 0. The molecular formula is C12H16BrNO5S2. The van der Waals surface area contributed by atoms with Crippen molar-refractivity contribution in [3.05, 3.63) is 14.7 Å². The number of hydrogen-bond acceptors (Lipinski definition) is 5. The fourth-order valence-electron chi connectivity index (χ4n) is 1.65. The van der Waals surface area contributed by atoms with Crippen LogP contribution in [0.3, 0.4) is 0 Å². The molecule has 1 heterocycles. The van der Waals surface area contributed by atoms with E-state index in [0.29, 0.717) is 22.9 Å². The van der Waals surface area contributed by atoms with E-state index in [0.717, 1.165) is 11.3 Å². The van der Waals surface area contributed by atoms with Crippen molar-refractivity contribution >= 4 is 43.3 Å². The van der Waals surface area contributed by atoms with E-state index in [9.17, 15) is 13.2 Å². The van der Waals surface area contributed by atoms with Crippen molar-refractivity contribution in [2.45, 2.75) is 17.7 Å². The largest absolute Gasteiger partial charge is 0.477 e. The van der Waals surface area contributed by atoms with Crippen LogP contribution >= 0.6 is 27.3 Å². The maximum Gasteiger partial charge on any atom is 0.345 e. The van der Waals surface area contributed by atoms with E-state index in [1.165, 1.54) is 30.3 Å². The maximum absolute atomic E-state index is 12.4. The molecule has 1 saturated carbocycles. The zero-order valence-corrected chi connectivity index (χ0v) is 14.6. The molecule has 0 saturated heterocycles. The molecule has 6 nitrogen and oxygen atoms in total. The van der Waals surface area contributed by atoms with E-state index in [4.69, 9.17) is 9.84 Å². The van der Waals surface area contributed by atoms with Crippen LogP contribution in [-0.4, -0.2) is 50.6 Å². The minimum atomic E-state index is -3.71. The van der Waals surface area contributed by atoms with Crippen LogP contribution in [0.15, 0.2) is 14.7 Å². The molecule has 0 radical (unpaired) electrons. The molecule has 118 valence electrons. The minimum Gasteiger partial charge on any atom is -0.477 e. The standard InChI is InChI=1S/C12H16BrNO5S2/c1-14(4-5-19-7-8-2-3-8)21(17,18)10-6-9(12(15)16)20-11(10)13/h6,8H,2-5,7H2,1H3,(H,15,16). The average molecular weight is 398 g/mol. The summed E-state index contributed by atoms with van der Waals surface area (Å²) in [6.45, 7) is 1.25. The second-order valence-electron chi connectivity index (χ2n) is 4.90. The molecule has 21 heavy (non-hydrogen) atoms. The van der Waals surface area contributed by atoms with Gasteiger partial charge >= 0.3 is 5.97 Å². The lowest BCUT2D eigenvalue weighted by Crippen LogP contribution is -2.30. The Balaban J connectivity index is 1.99. The Labute approximate surface area is 135 Å². The Morgan fingerprint density at radius 2 is 2.24 bits per heavy atom. The van der Waals surface area contributed by atoms with E-state index in [2.05, 4.69) is 15.9 Å². The van der Waals surface area contributed by atoms with Gasteiger partial charge in [0.25, 0.3) is 0 Å². The van der Waals surface area contributed by atoms with E-state index in [-0.39, 0.29) is 16.3 Å². The number of carbonyl (C=O) groups is 1. The molecule has 1 fully saturated rings. The topological polar surface area (TPSA) is 83.9 Å². The number of sulfonamides is 1. The van der Waals surface area contributed by atoms with Crippen molar-refractivity contribution in [1.29, 1.82) is 0 Å². The molecule has 0 amide bonds. The van der Waals surface area contributed by atoms with E-state index in [1.807, 2.05) is 0 Å². The first-order chi connectivity index (χ1) is 9.82. The summed E-state index contributed by atoms with van der Waals surface area (Å²) in [4.78, 5) is 10.9. The quantitative estimate of drug-likeness (QED) is 0.680. The zero-order valence-electron chi connectivity index (χ0n) is 11.4. The van der Waals surface area contributed by atoms with Gasteiger partial charge in [-0.3, -0.25) is 0 Å². The van der Waals surface area contributed by atoms with Gasteiger partial charge in [-0.25, -0.2) is 13.2 Å². The van der Waals surface area contributed by atoms with Crippen LogP contribution in [0.1, 0.15) is 22.5 Å². The third-order valence-electron chi connectivity index (χ3n) is 3.16. The summed E-state index contributed by atoms with van der Waals surface area (Å²) in [6.07, 6.45) is 2.38. The van der Waals surface area contributed by atoms with Gasteiger partial charge in [-0.15, -0.1) is 11.3 Å². The predicted molar refractivity (Wildman–Crippen MR) is 82.3 cm³/mol. The normalized spacial score (nSPS) is 15.6. The van der Waals surface area contributed by atoms with Crippen LogP contribution in [0.4, 0.5) is 0 Å². The molecule has 1 aromatic rings. The highest BCUT2D eigenvalue weighted by molar-refractivity contribution is 9.11. The smallest absolute Gasteiger partial charge is 0.345 e. The van der Waals surface area contributed by atoms with Gasteiger partial charge in [0.05, 0.1) is 10.4 Å². The lowest BCUT2D eigenvalue weighted by molar-refractivity contribution is 0.0702. The van der Waals surface area contributed by atoms with Crippen molar-refractivity contribution in [2.75, 3.05) is 26.8 Å². The maximum atomic E-state index is 12.4. The number of halogens is 1. The molecule has 9 heteroatoms. The molecular weight excluding hydrogens is 382 g/mol. The van der Waals surface area contributed by atoms with Gasteiger partial charge in [-0.05, 0) is 40.8 Å². The number of rotatable bonds is 8. The van der Waals surface area contributed by atoms with Gasteiger partial charge in [-0.1, -0.05) is 0 Å². The van der Waals surface area contributed by atoms with Gasteiger partial charge in [-0.2, -0.15) is 4.31 Å². The molecule has 0 spiro atoms. The monoisotopic (exact) mass is 397 g/mol. The molecule has 0 bridgehead atoms. The van der Waals surface area contributed by atoms with Crippen LogP contribution in [0.25, 0.3) is 0 Å². The third-order valence-corrected chi connectivity index (χ3v) is 7.25. The zero-order chi connectivity index (χ0) is 15.6. The molecule has 0 atom stereocenters. The highest BCUT2D eigenvalue weighted by Crippen LogP contribution is 2.33. The van der Waals surface area contributed by atoms with Crippen molar-refractivity contribution in [1.82, 2.24) is 4.31 Å². The minimum absolute atomic E-state index is 0.0150. The van der Waals surface area contributed by atoms with E-state index >= 15 is 0 Å². The summed E-state index contributed by atoms with van der Waals surface area (Å²) >= 11 is 4.00. The first-order valence-corrected chi connectivity index (χ1v) is 9.44. The summed E-state index contributed by atoms with van der Waals surface area (Å²) in [7, 11) is -2.26. The molecule has 0 aromatic carbocycles. The molecule has 1 aliphatic rings. The average Bonchev–Trinajstić information content (AvgIpc) is 3.14. The van der Waals surface area contributed by atoms with Crippen LogP contribution in [0, 0.1) is 5.92 Å². The summed E-state index contributed by atoms with van der Waals surface area (Å²) in [5.74, 6) is -0.506. The van der Waals surface area contributed by atoms with Gasteiger partial charge in [0, 0.05) is 20.2 Å². The molecule has 0 unspecified atom stereocenters. The molecule has 1 aromatic heterocycles. The molecule has 2 rings (SSSR count). The Bertz CT molecular complexity index is 624. The van der Waals surface area contributed by atoms with E-state index < -0.39 is 16.0 Å². The van der Waals surface area contributed by atoms with Crippen molar-refractivity contribution in [3.63, 3.8) is 0 Å². The first-order valence-electron chi connectivity index (χ1n) is 6.39. The second-order valence-corrected chi connectivity index (χ2v) is 9.28. The highest BCUT2D eigenvalue weighted by atomic mass is 79.9. The second kappa shape index (κ2) is 6.74. The third kappa shape index (κ3) is 4.26. The lowest BCUT2D eigenvalue weighted by atomic mass is 10.5. The van der Waals surface area contributed by atoms with Crippen molar-refractivity contribution in [3.8, 4) is 0 Å². The van der Waals surface area contributed by atoms with Gasteiger partial charge in [0.1, 0.15) is 9.77 Å². The van der Waals surface area contributed by atoms with Crippen LogP contribution in [-0.2, 0) is 14.8 Å². The van der Waals surface area contributed by atoms with Gasteiger partial charge in [0.2, 0.25) is 10.0 Å². The van der Waals surface area contributed by atoms with Crippen LogP contribution in [0.5, 0.6) is 0 Å². The number of nitrogens with zero attached hydrogens (tertiary/aromatic N) is 1. The van der Waals surface area contributed by atoms with Gasteiger partial charge < -0.3 is 9.84 Å². The van der Waals surface area contributed by atoms with Crippen LogP contribution < -0.4 is 0 Å². The lowest BCUT2D eigenvalue weighted by Gasteiger charge is -2.16. The summed E-state index contributed by atoms with van der Waals surface area (Å²) < 4.78 is 31.7. The number of hydrogen-bond donors (Lipinski definition) is 1. The number of carboxylic acids is 1. The summed E-state index contributed by atoms with van der Waals surface area (Å²) in [5, 5.41) is 8.92. The summed E-state index contributed by atoms with van der Waals surface area (Å²) in [6, 6.07) is 1.17. The Morgan fingerprint density at radius 1 is 1.57 bits per heavy atom. The fourth-order valence-corrected chi connectivity index (χ4v) is 5.15. The Kier molecular flexibility index (Phi) is 5.42. The van der Waals surface area contributed by atoms with Gasteiger partial charge in [0.15, 0.2) is 0 Å². The fraction of sp³-hybridized carbons (Fsp3) is 0.583. The van der Waals surface area contributed by atoms with Crippen LogP contribution in [0.2, 0.25) is 0 Å². The molecule has 0 aliphatic heterocycles. The van der Waals surface area contributed by atoms with E-state index in [1.54, 1.807) is 0 Å². The highest BCUT2D eigenvalue weighted by Gasteiger charge is 2.27. The SMILES string of the molecule is CN(CCOCC1CC1)S(=O)(=O)c1cc(C(=O)O)sc1Br. The first kappa shape index (κ1) is 16.9. The van der Waals surface area contributed by atoms with Crippen molar-refractivity contribution < 1.29 is 23.1 Å². The predicted octanol–water partition coefficient (Wildman–Crippen LogP) is 2.26. The molecule has 1 aliphatic carbocycles.